The second-order valence-electron chi connectivity index (χ2n) is 4.35. The van der Waals surface area contributed by atoms with Gasteiger partial charge in [0.15, 0.2) is 4.08 Å². The second kappa shape index (κ2) is 3.85. The smallest absolute Gasteiger partial charge is 0.335 e. The van der Waals surface area contributed by atoms with Crippen LogP contribution in [0.1, 0.15) is 27.7 Å². The first-order valence-electron chi connectivity index (χ1n) is 4.51. The van der Waals surface area contributed by atoms with E-state index in [2.05, 4.69) is 0 Å². The highest BCUT2D eigenvalue weighted by atomic mass is 32.2. The van der Waals surface area contributed by atoms with Gasteiger partial charge in [0.05, 0.1) is 0 Å². The molecule has 82 valence electrons. The van der Waals surface area contributed by atoms with Crippen molar-refractivity contribution in [1.82, 2.24) is 0 Å². The van der Waals surface area contributed by atoms with Crippen molar-refractivity contribution in [3.63, 3.8) is 0 Å². The summed E-state index contributed by atoms with van der Waals surface area (Å²) in [5.74, 6) is 0.994. The van der Waals surface area contributed by atoms with Gasteiger partial charge in [-0.25, -0.2) is 4.79 Å². The summed E-state index contributed by atoms with van der Waals surface area (Å²) in [7, 11) is -1.10. The van der Waals surface area contributed by atoms with Crippen LogP contribution in [0.2, 0.25) is 0 Å². The molecule has 0 spiro atoms. The standard InChI is InChI=1S/C9H16O3S2/c1-8(2,3)12-7(10)9(4)13-5-6-14(9)11/h5-6H2,1-4H3/t9-,14?/m0/s1. The van der Waals surface area contributed by atoms with Crippen molar-refractivity contribution in [1.29, 1.82) is 0 Å². The molecular weight excluding hydrogens is 220 g/mol. The van der Waals surface area contributed by atoms with Crippen LogP contribution in [0, 0.1) is 0 Å². The van der Waals surface area contributed by atoms with E-state index in [1.807, 2.05) is 20.8 Å². The fourth-order valence-corrected chi connectivity index (χ4v) is 4.23. The van der Waals surface area contributed by atoms with E-state index < -0.39 is 20.5 Å². The predicted octanol–water partition coefficient (Wildman–Crippen LogP) is 1.54. The molecule has 1 fully saturated rings. The van der Waals surface area contributed by atoms with E-state index in [4.69, 9.17) is 4.74 Å². The number of carbonyl (C=O) groups excluding carboxylic acids is 1. The Morgan fingerprint density at radius 3 is 2.43 bits per heavy atom. The summed E-state index contributed by atoms with van der Waals surface area (Å²) in [5, 5.41) is 0. The van der Waals surface area contributed by atoms with Gasteiger partial charge in [-0.15, -0.1) is 11.8 Å². The van der Waals surface area contributed by atoms with Gasteiger partial charge in [0.2, 0.25) is 0 Å². The predicted molar refractivity (Wildman–Crippen MR) is 59.7 cm³/mol. The van der Waals surface area contributed by atoms with Gasteiger partial charge in [-0.05, 0) is 27.7 Å². The van der Waals surface area contributed by atoms with Crippen LogP contribution in [-0.2, 0) is 20.3 Å². The van der Waals surface area contributed by atoms with Gasteiger partial charge >= 0.3 is 5.97 Å². The molecule has 1 aliphatic rings. The molecule has 1 saturated heterocycles. The topological polar surface area (TPSA) is 43.4 Å². The van der Waals surface area contributed by atoms with Gasteiger partial charge in [-0.1, -0.05) is 0 Å². The summed E-state index contributed by atoms with van der Waals surface area (Å²) in [6.45, 7) is 7.15. The number of carbonyl (C=O) groups is 1. The lowest BCUT2D eigenvalue weighted by molar-refractivity contribution is -0.154. The summed E-state index contributed by atoms with van der Waals surface area (Å²) in [5.41, 5.74) is -0.507. The maximum absolute atomic E-state index is 11.8. The second-order valence-corrected chi connectivity index (χ2v) is 8.03. The Morgan fingerprint density at radius 2 is 2.07 bits per heavy atom. The molecule has 0 amide bonds. The number of esters is 1. The molecule has 0 bridgehead atoms. The maximum Gasteiger partial charge on any atom is 0.335 e. The van der Waals surface area contributed by atoms with Crippen LogP contribution in [-0.4, -0.2) is 31.4 Å². The van der Waals surface area contributed by atoms with Crippen LogP contribution in [0.15, 0.2) is 0 Å². The lowest BCUT2D eigenvalue weighted by Crippen LogP contribution is -2.39. The zero-order valence-electron chi connectivity index (χ0n) is 8.96. The largest absolute Gasteiger partial charge is 0.458 e. The van der Waals surface area contributed by atoms with Crippen molar-refractivity contribution in [3.05, 3.63) is 0 Å². The molecule has 2 atom stereocenters. The van der Waals surface area contributed by atoms with Crippen molar-refractivity contribution in [2.24, 2.45) is 0 Å². The van der Waals surface area contributed by atoms with Crippen LogP contribution < -0.4 is 0 Å². The summed E-state index contributed by atoms with van der Waals surface area (Å²) in [4.78, 5) is 11.8. The van der Waals surface area contributed by atoms with Crippen molar-refractivity contribution in [2.45, 2.75) is 37.4 Å². The molecule has 14 heavy (non-hydrogen) atoms. The molecule has 3 nitrogen and oxygen atoms in total. The average molecular weight is 236 g/mol. The SMILES string of the molecule is CC(C)(C)OC(=O)[C@@]1(C)SCCS1=O. The summed E-state index contributed by atoms with van der Waals surface area (Å²) in [6, 6.07) is 0. The molecule has 1 heterocycles. The molecule has 1 unspecified atom stereocenters. The van der Waals surface area contributed by atoms with E-state index in [9.17, 15) is 9.00 Å². The molecule has 1 aliphatic heterocycles. The van der Waals surface area contributed by atoms with Crippen LogP contribution >= 0.6 is 11.8 Å². The molecule has 0 aliphatic carbocycles. The lowest BCUT2D eigenvalue weighted by atomic mass is 10.2. The van der Waals surface area contributed by atoms with Crippen molar-refractivity contribution >= 4 is 28.5 Å². The molecule has 1 rings (SSSR count). The highest BCUT2D eigenvalue weighted by molar-refractivity contribution is 8.16. The number of hydrogen-bond donors (Lipinski definition) is 0. The first-order chi connectivity index (χ1) is 6.26. The van der Waals surface area contributed by atoms with Crippen LogP contribution in [0.4, 0.5) is 0 Å². The third-order valence-electron chi connectivity index (χ3n) is 1.85. The van der Waals surface area contributed by atoms with Crippen LogP contribution in [0.3, 0.4) is 0 Å². The molecule has 5 heteroatoms. The quantitative estimate of drug-likeness (QED) is 0.648. The number of thioether (sulfide) groups is 1. The highest BCUT2D eigenvalue weighted by Crippen LogP contribution is 2.37. The number of ether oxygens (including phenoxy) is 1. The summed E-state index contributed by atoms with van der Waals surface area (Å²) >= 11 is 1.43. The van der Waals surface area contributed by atoms with E-state index in [1.165, 1.54) is 11.8 Å². The molecule has 0 aromatic carbocycles. The van der Waals surface area contributed by atoms with E-state index in [-0.39, 0.29) is 5.97 Å². The van der Waals surface area contributed by atoms with Gasteiger partial charge in [-0.2, -0.15) is 0 Å². The molecule has 0 saturated carbocycles. The summed E-state index contributed by atoms with van der Waals surface area (Å²) < 4.78 is 16.0. The normalized spacial score (nSPS) is 33.0. The third-order valence-corrected chi connectivity index (χ3v) is 5.76. The minimum absolute atomic E-state index is 0.356. The van der Waals surface area contributed by atoms with Gasteiger partial charge < -0.3 is 4.74 Å². The van der Waals surface area contributed by atoms with Crippen molar-refractivity contribution in [3.8, 4) is 0 Å². The Bertz CT molecular complexity index is 270. The Labute approximate surface area is 91.4 Å². The van der Waals surface area contributed by atoms with E-state index in [1.54, 1.807) is 6.92 Å². The van der Waals surface area contributed by atoms with Crippen LogP contribution in [0.25, 0.3) is 0 Å². The van der Waals surface area contributed by atoms with Gasteiger partial charge in [0, 0.05) is 22.3 Å². The molecule has 0 radical (unpaired) electrons. The van der Waals surface area contributed by atoms with E-state index >= 15 is 0 Å². The Hall–Kier alpha value is -0.0300. The van der Waals surface area contributed by atoms with Crippen LogP contribution in [0.5, 0.6) is 0 Å². The maximum atomic E-state index is 11.8. The minimum Gasteiger partial charge on any atom is -0.458 e. The Kier molecular flexibility index (Phi) is 3.31. The zero-order chi connectivity index (χ0) is 11.0. The molecular formula is C9H16O3S2. The monoisotopic (exact) mass is 236 g/mol. The average Bonchev–Trinajstić information content (AvgIpc) is 2.30. The van der Waals surface area contributed by atoms with Crippen molar-refractivity contribution < 1.29 is 13.7 Å². The van der Waals surface area contributed by atoms with Crippen molar-refractivity contribution in [2.75, 3.05) is 11.5 Å². The minimum atomic E-state index is -1.10. The molecule has 0 N–H and O–H groups in total. The zero-order valence-corrected chi connectivity index (χ0v) is 10.6. The lowest BCUT2D eigenvalue weighted by Gasteiger charge is -2.26. The van der Waals surface area contributed by atoms with Gasteiger partial charge in [0.25, 0.3) is 0 Å². The number of rotatable bonds is 1. The van der Waals surface area contributed by atoms with Gasteiger partial charge in [-0.3, -0.25) is 4.21 Å². The third kappa shape index (κ3) is 2.51. The first kappa shape index (κ1) is 12.0. The highest BCUT2D eigenvalue weighted by Gasteiger charge is 2.46. The van der Waals surface area contributed by atoms with E-state index in [0.29, 0.717) is 5.75 Å². The summed E-state index contributed by atoms with van der Waals surface area (Å²) in [6.07, 6.45) is 0. The first-order valence-corrected chi connectivity index (χ1v) is 6.82. The fraction of sp³-hybridized carbons (Fsp3) is 0.889. The van der Waals surface area contributed by atoms with Gasteiger partial charge in [0.1, 0.15) is 5.60 Å². The fourth-order valence-electron chi connectivity index (χ4n) is 1.10. The molecule has 0 aromatic rings. The molecule has 0 aromatic heterocycles. The number of hydrogen-bond acceptors (Lipinski definition) is 4. The Morgan fingerprint density at radius 1 is 1.50 bits per heavy atom. The Balaban J connectivity index is 2.74. The van der Waals surface area contributed by atoms with E-state index in [0.717, 1.165) is 5.75 Å².